The predicted molar refractivity (Wildman–Crippen MR) is 89.7 cm³/mol. The lowest BCUT2D eigenvalue weighted by molar-refractivity contribution is -0.143. The minimum absolute atomic E-state index is 0.132. The summed E-state index contributed by atoms with van der Waals surface area (Å²) in [7, 11) is 1.20. The molecule has 132 valence electrons. The highest BCUT2D eigenvalue weighted by Gasteiger charge is 2.35. The van der Waals surface area contributed by atoms with Gasteiger partial charge in [0.2, 0.25) is 0 Å². The molecule has 25 heavy (non-hydrogen) atoms. The van der Waals surface area contributed by atoms with Crippen LogP contribution in [-0.2, 0) is 19.1 Å². The fraction of sp³-hybridized carbons (Fsp3) is 0.353. The number of nitrogens with one attached hydrogen (secondary N) is 1. The average molecular weight is 345 g/mol. The van der Waals surface area contributed by atoms with E-state index >= 15 is 0 Å². The first-order valence-corrected chi connectivity index (χ1v) is 7.92. The number of hydrogen-bond acceptors (Lipinski definition) is 6. The quantitative estimate of drug-likeness (QED) is 0.488. The third kappa shape index (κ3) is 3.80. The molecule has 1 aromatic rings. The molecule has 0 unspecified atom stereocenters. The van der Waals surface area contributed by atoms with E-state index < -0.39 is 24.5 Å². The van der Waals surface area contributed by atoms with Gasteiger partial charge < -0.3 is 19.7 Å². The summed E-state index contributed by atoms with van der Waals surface area (Å²) >= 11 is 0. The van der Waals surface area contributed by atoms with Gasteiger partial charge in [-0.25, -0.2) is 9.69 Å². The molecule has 0 atom stereocenters. The Labute approximate surface area is 145 Å². The summed E-state index contributed by atoms with van der Waals surface area (Å²) in [5, 5.41) is 2.47. The highest BCUT2D eigenvalue weighted by atomic mass is 16.5. The fourth-order valence-corrected chi connectivity index (χ4v) is 2.68. The van der Waals surface area contributed by atoms with Gasteiger partial charge in [0.25, 0.3) is 5.91 Å². The Bertz CT molecular complexity index is 707. The van der Waals surface area contributed by atoms with Gasteiger partial charge in [0.1, 0.15) is 12.2 Å². The van der Waals surface area contributed by atoms with E-state index in [-0.39, 0.29) is 5.70 Å². The SMILES string of the molecule is COC(=O)CN1C(=O)NC(=Cc2ccc(N3CCOCC3)cc2)C1=O. The van der Waals surface area contributed by atoms with Gasteiger partial charge >= 0.3 is 12.0 Å². The molecule has 3 amide bonds. The second-order valence-electron chi connectivity index (χ2n) is 5.65. The first-order chi connectivity index (χ1) is 12.1. The molecule has 1 aromatic carbocycles. The lowest BCUT2D eigenvalue weighted by Gasteiger charge is -2.28. The molecule has 2 fully saturated rings. The van der Waals surface area contributed by atoms with Crippen LogP contribution in [0.2, 0.25) is 0 Å². The zero-order valence-corrected chi connectivity index (χ0v) is 13.9. The van der Waals surface area contributed by atoms with Gasteiger partial charge in [0, 0.05) is 18.8 Å². The van der Waals surface area contributed by atoms with Gasteiger partial charge in [-0.2, -0.15) is 0 Å². The molecule has 0 spiro atoms. The van der Waals surface area contributed by atoms with Crippen LogP contribution in [0.25, 0.3) is 6.08 Å². The molecule has 2 heterocycles. The molecular formula is C17H19N3O5. The zero-order chi connectivity index (χ0) is 17.8. The lowest BCUT2D eigenvalue weighted by atomic mass is 10.1. The summed E-state index contributed by atoms with van der Waals surface area (Å²) in [6.45, 7) is 2.70. The smallest absolute Gasteiger partial charge is 0.329 e. The number of rotatable bonds is 4. The van der Waals surface area contributed by atoms with E-state index in [1.807, 2.05) is 24.3 Å². The van der Waals surface area contributed by atoms with Crippen LogP contribution in [-0.4, -0.2) is 62.8 Å². The Kier molecular flexibility index (Phi) is 4.99. The number of esters is 1. The van der Waals surface area contributed by atoms with Crippen molar-refractivity contribution in [2.75, 3.05) is 44.9 Å². The highest BCUT2D eigenvalue weighted by molar-refractivity contribution is 6.15. The predicted octanol–water partition coefficient (Wildman–Crippen LogP) is 0.589. The summed E-state index contributed by atoms with van der Waals surface area (Å²) in [6.07, 6.45) is 1.58. The summed E-state index contributed by atoms with van der Waals surface area (Å²) in [5.74, 6) is -1.20. The largest absolute Gasteiger partial charge is 0.468 e. The topological polar surface area (TPSA) is 88.2 Å². The van der Waals surface area contributed by atoms with E-state index in [1.165, 1.54) is 7.11 Å². The number of morpholine rings is 1. The third-order valence-electron chi connectivity index (χ3n) is 4.06. The number of ether oxygens (including phenoxy) is 2. The Balaban J connectivity index is 1.71. The van der Waals surface area contributed by atoms with Gasteiger partial charge in [-0.1, -0.05) is 12.1 Å². The van der Waals surface area contributed by atoms with Crippen molar-refractivity contribution in [1.29, 1.82) is 0 Å². The van der Waals surface area contributed by atoms with Crippen LogP contribution in [0.5, 0.6) is 0 Å². The van der Waals surface area contributed by atoms with Crippen molar-refractivity contribution in [3.05, 3.63) is 35.5 Å². The maximum Gasteiger partial charge on any atom is 0.329 e. The van der Waals surface area contributed by atoms with Gasteiger partial charge in [0.15, 0.2) is 0 Å². The van der Waals surface area contributed by atoms with Crippen molar-refractivity contribution in [2.45, 2.75) is 0 Å². The first-order valence-electron chi connectivity index (χ1n) is 7.92. The van der Waals surface area contributed by atoms with Crippen LogP contribution in [0.4, 0.5) is 10.5 Å². The van der Waals surface area contributed by atoms with Crippen LogP contribution in [0.1, 0.15) is 5.56 Å². The average Bonchev–Trinajstić information content (AvgIpc) is 2.90. The molecule has 2 saturated heterocycles. The molecule has 0 radical (unpaired) electrons. The van der Waals surface area contributed by atoms with Crippen molar-refractivity contribution >= 4 is 29.7 Å². The summed E-state index contributed by atoms with van der Waals surface area (Å²) in [6, 6.07) is 7.04. The normalized spacial score (nSPS) is 19.3. The van der Waals surface area contributed by atoms with E-state index in [9.17, 15) is 14.4 Å². The summed E-state index contributed by atoms with van der Waals surface area (Å²) < 4.78 is 9.82. The highest BCUT2D eigenvalue weighted by Crippen LogP contribution is 2.19. The standard InChI is InChI=1S/C17H19N3O5/c1-24-15(21)11-20-16(22)14(18-17(20)23)10-12-2-4-13(5-3-12)19-6-8-25-9-7-19/h2-5,10H,6-9,11H2,1H3,(H,18,23). The number of hydrogen-bond donors (Lipinski definition) is 1. The van der Waals surface area contributed by atoms with E-state index in [0.717, 1.165) is 29.2 Å². The van der Waals surface area contributed by atoms with Crippen molar-refractivity contribution in [3.63, 3.8) is 0 Å². The van der Waals surface area contributed by atoms with E-state index in [4.69, 9.17) is 4.74 Å². The number of urea groups is 1. The van der Waals surface area contributed by atoms with Crippen molar-refractivity contribution in [2.24, 2.45) is 0 Å². The van der Waals surface area contributed by atoms with Crippen LogP contribution in [0.15, 0.2) is 30.0 Å². The molecule has 0 aromatic heterocycles. The van der Waals surface area contributed by atoms with Crippen molar-refractivity contribution in [3.8, 4) is 0 Å². The van der Waals surface area contributed by atoms with E-state index in [0.29, 0.717) is 13.2 Å². The minimum atomic E-state index is -0.653. The van der Waals surface area contributed by atoms with Crippen LogP contribution >= 0.6 is 0 Å². The van der Waals surface area contributed by atoms with Gasteiger partial charge in [0.05, 0.1) is 20.3 Å². The van der Waals surface area contributed by atoms with E-state index in [2.05, 4.69) is 15.0 Å². The number of imide groups is 1. The Morgan fingerprint density at radius 3 is 2.56 bits per heavy atom. The monoisotopic (exact) mass is 345 g/mol. The Morgan fingerprint density at radius 2 is 1.92 bits per heavy atom. The molecule has 0 bridgehead atoms. The molecule has 8 nitrogen and oxygen atoms in total. The number of anilines is 1. The molecule has 2 aliphatic rings. The number of methoxy groups -OCH3 is 1. The number of benzene rings is 1. The molecule has 0 aliphatic carbocycles. The first kappa shape index (κ1) is 17.0. The van der Waals surface area contributed by atoms with Crippen LogP contribution in [0, 0.1) is 0 Å². The van der Waals surface area contributed by atoms with Crippen LogP contribution < -0.4 is 10.2 Å². The zero-order valence-electron chi connectivity index (χ0n) is 13.9. The van der Waals surface area contributed by atoms with Gasteiger partial charge in [-0.3, -0.25) is 9.59 Å². The maximum atomic E-state index is 12.2. The molecule has 3 rings (SSSR count). The summed E-state index contributed by atoms with van der Waals surface area (Å²) in [5.41, 5.74) is 1.99. The molecule has 2 aliphatic heterocycles. The lowest BCUT2D eigenvalue weighted by Crippen LogP contribution is -2.36. The number of carbonyl (C=O) groups is 3. The molecular weight excluding hydrogens is 326 g/mol. The molecule has 8 heteroatoms. The maximum absolute atomic E-state index is 12.2. The summed E-state index contributed by atoms with van der Waals surface area (Å²) in [4.78, 5) is 38.4. The van der Waals surface area contributed by atoms with E-state index in [1.54, 1.807) is 6.08 Å². The third-order valence-corrected chi connectivity index (χ3v) is 4.06. The Morgan fingerprint density at radius 1 is 1.24 bits per heavy atom. The second kappa shape index (κ2) is 7.35. The number of carbonyl (C=O) groups excluding carboxylic acids is 3. The molecule has 1 N–H and O–H groups in total. The fourth-order valence-electron chi connectivity index (χ4n) is 2.68. The second-order valence-corrected chi connectivity index (χ2v) is 5.65. The minimum Gasteiger partial charge on any atom is -0.468 e. The van der Waals surface area contributed by atoms with Crippen molar-refractivity contribution < 1.29 is 23.9 Å². The molecule has 0 saturated carbocycles. The van der Waals surface area contributed by atoms with Crippen molar-refractivity contribution in [1.82, 2.24) is 10.2 Å². The van der Waals surface area contributed by atoms with Gasteiger partial charge in [-0.15, -0.1) is 0 Å². The van der Waals surface area contributed by atoms with Crippen LogP contribution in [0.3, 0.4) is 0 Å². The number of nitrogens with zero attached hydrogens (tertiary/aromatic N) is 2. The van der Waals surface area contributed by atoms with Gasteiger partial charge in [-0.05, 0) is 23.8 Å². The number of amides is 3. The Hall–Kier alpha value is -2.87.